The lowest BCUT2D eigenvalue weighted by atomic mass is 10.1. The van der Waals surface area contributed by atoms with E-state index in [0.717, 1.165) is 30.6 Å². The maximum absolute atomic E-state index is 5.86. The molecule has 0 spiro atoms. The van der Waals surface area contributed by atoms with Gasteiger partial charge in [-0.1, -0.05) is 23.7 Å². The van der Waals surface area contributed by atoms with Crippen LogP contribution in [0.4, 0.5) is 0 Å². The Morgan fingerprint density at radius 3 is 2.52 bits per heavy atom. The molecule has 5 nitrogen and oxygen atoms in total. The molecule has 0 saturated heterocycles. The standard InChI is InChI=1S/C21H22ClN3O2/c1-26-20-12-17(13-24-11-8-16-6-9-23-10-7-16)2-4-19(20)27-15-18-3-5-21(22)25-14-18/h2-7,9-10,12,14,24H,8,11,13,15H2,1H3. The van der Waals surface area contributed by atoms with Gasteiger partial charge in [-0.25, -0.2) is 4.98 Å². The van der Waals surface area contributed by atoms with Crippen LogP contribution in [0.15, 0.2) is 61.1 Å². The Morgan fingerprint density at radius 1 is 0.963 bits per heavy atom. The molecule has 0 aliphatic heterocycles. The number of ether oxygens (including phenoxy) is 2. The van der Waals surface area contributed by atoms with Crippen LogP contribution in [-0.4, -0.2) is 23.6 Å². The smallest absolute Gasteiger partial charge is 0.161 e. The van der Waals surface area contributed by atoms with Crippen molar-refractivity contribution in [3.8, 4) is 11.5 Å². The second kappa shape index (κ2) is 9.90. The fourth-order valence-corrected chi connectivity index (χ4v) is 2.72. The lowest BCUT2D eigenvalue weighted by molar-refractivity contribution is 0.284. The highest BCUT2D eigenvalue weighted by atomic mass is 35.5. The number of rotatable bonds is 9. The van der Waals surface area contributed by atoms with E-state index in [4.69, 9.17) is 21.1 Å². The molecular formula is C21H22ClN3O2. The van der Waals surface area contributed by atoms with Crippen molar-refractivity contribution in [3.05, 3.63) is 82.9 Å². The van der Waals surface area contributed by atoms with Crippen LogP contribution in [-0.2, 0) is 19.6 Å². The minimum Gasteiger partial charge on any atom is -0.493 e. The fraction of sp³-hybridized carbons (Fsp3) is 0.238. The molecule has 3 rings (SSSR count). The minimum atomic E-state index is 0.407. The number of nitrogens with zero attached hydrogens (tertiary/aromatic N) is 2. The van der Waals surface area contributed by atoms with Crippen LogP contribution < -0.4 is 14.8 Å². The average molecular weight is 384 g/mol. The number of aromatic nitrogens is 2. The molecule has 1 aromatic carbocycles. The first-order valence-corrected chi connectivity index (χ1v) is 9.12. The number of hydrogen-bond donors (Lipinski definition) is 1. The van der Waals surface area contributed by atoms with Crippen molar-refractivity contribution in [1.29, 1.82) is 0 Å². The van der Waals surface area contributed by atoms with E-state index in [0.29, 0.717) is 23.3 Å². The minimum absolute atomic E-state index is 0.407. The van der Waals surface area contributed by atoms with Crippen LogP contribution in [0.1, 0.15) is 16.7 Å². The summed E-state index contributed by atoms with van der Waals surface area (Å²) in [7, 11) is 1.65. The molecule has 0 saturated carbocycles. The van der Waals surface area contributed by atoms with Crippen LogP contribution in [0.3, 0.4) is 0 Å². The molecule has 0 radical (unpaired) electrons. The molecule has 2 heterocycles. The lowest BCUT2D eigenvalue weighted by Crippen LogP contribution is -2.16. The Hall–Kier alpha value is -2.63. The Labute approximate surface area is 164 Å². The SMILES string of the molecule is COc1cc(CNCCc2ccncc2)ccc1OCc1ccc(Cl)nc1. The fourth-order valence-electron chi connectivity index (χ4n) is 2.61. The number of hydrogen-bond acceptors (Lipinski definition) is 5. The average Bonchev–Trinajstić information content (AvgIpc) is 2.72. The van der Waals surface area contributed by atoms with E-state index in [1.54, 1.807) is 19.4 Å². The molecule has 27 heavy (non-hydrogen) atoms. The predicted molar refractivity (Wildman–Crippen MR) is 106 cm³/mol. The Kier molecular flexibility index (Phi) is 7.02. The summed E-state index contributed by atoms with van der Waals surface area (Å²) in [4.78, 5) is 8.09. The first-order valence-electron chi connectivity index (χ1n) is 8.74. The summed E-state index contributed by atoms with van der Waals surface area (Å²) in [6, 6.07) is 13.7. The summed E-state index contributed by atoms with van der Waals surface area (Å²) < 4.78 is 11.3. The van der Waals surface area contributed by atoms with Crippen LogP contribution in [0.2, 0.25) is 5.15 Å². The van der Waals surface area contributed by atoms with Crippen molar-refractivity contribution in [2.45, 2.75) is 19.6 Å². The molecule has 6 heteroatoms. The predicted octanol–water partition coefficient (Wildman–Crippen LogP) is 4.05. The van der Waals surface area contributed by atoms with E-state index >= 15 is 0 Å². The molecular weight excluding hydrogens is 362 g/mol. The molecule has 140 valence electrons. The van der Waals surface area contributed by atoms with Crippen molar-refractivity contribution in [3.63, 3.8) is 0 Å². The van der Waals surface area contributed by atoms with Gasteiger partial charge >= 0.3 is 0 Å². The highest BCUT2D eigenvalue weighted by Crippen LogP contribution is 2.28. The molecule has 0 unspecified atom stereocenters. The van der Waals surface area contributed by atoms with Crippen molar-refractivity contribution in [2.75, 3.05) is 13.7 Å². The topological polar surface area (TPSA) is 56.3 Å². The second-order valence-electron chi connectivity index (χ2n) is 6.05. The van der Waals surface area contributed by atoms with Crippen LogP contribution >= 0.6 is 11.6 Å². The number of pyridine rings is 2. The van der Waals surface area contributed by atoms with Gasteiger partial charge in [0.15, 0.2) is 11.5 Å². The van der Waals surface area contributed by atoms with E-state index in [-0.39, 0.29) is 0 Å². The molecule has 0 bridgehead atoms. The van der Waals surface area contributed by atoms with Crippen molar-refractivity contribution in [2.24, 2.45) is 0 Å². The third-order valence-electron chi connectivity index (χ3n) is 4.08. The van der Waals surface area contributed by atoms with Gasteiger partial charge in [-0.3, -0.25) is 4.98 Å². The monoisotopic (exact) mass is 383 g/mol. The van der Waals surface area contributed by atoms with Crippen molar-refractivity contribution >= 4 is 11.6 Å². The molecule has 0 amide bonds. The van der Waals surface area contributed by atoms with Crippen LogP contribution in [0.5, 0.6) is 11.5 Å². The van der Waals surface area contributed by atoms with Gasteiger partial charge in [0.25, 0.3) is 0 Å². The quantitative estimate of drug-likeness (QED) is 0.446. The molecule has 1 N–H and O–H groups in total. The van der Waals surface area contributed by atoms with Gasteiger partial charge in [0.1, 0.15) is 11.8 Å². The van der Waals surface area contributed by atoms with E-state index in [1.807, 2.05) is 48.8 Å². The molecule has 3 aromatic rings. The number of benzene rings is 1. The van der Waals surface area contributed by atoms with E-state index in [1.165, 1.54) is 5.56 Å². The summed E-state index contributed by atoms with van der Waals surface area (Å²) in [5.74, 6) is 1.42. The Bertz CT molecular complexity index is 842. The lowest BCUT2D eigenvalue weighted by Gasteiger charge is -2.13. The summed E-state index contributed by atoms with van der Waals surface area (Å²) >= 11 is 5.80. The molecule has 0 atom stereocenters. The van der Waals surface area contributed by atoms with Gasteiger partial charge in [-0.05, 0) is 54.4 Å². The molecule has 2 aromatic heterocycles. The number of methoxy groups -OCH3 is 1. The summed E-state index contributed by atoms with van der Waals surface area (Å²) in [5.41, 5.74) is 3.36. The van der Waals surface area contributed by atoms with Gasteiger partial charge in [-0.15, -0.1) is 0 Å². The molecule has 0 fully saturated rings. The highest BCUT2D eigenvalue weighted by molar-refractivity contribution is 6.29. The third kappa shape index (κ3) is 5.94. The molecule has 0 aliphatic carbocycles. The van der Waals surface area contributed by atoms with Gasteiger partial charge in [0.05, 0.1) is 7.11 Å². The normalized spacial score (nSPS) is 10.6. The van der Waals surface area contributed by atoms with E-state index < -0.39 is 0 Å². The third-order valence-corrected chi connectivity index (χ3v) is 4.30. The maximum Gasteiger partial charge on any atom is 0.161 e. The first kappa shape index (κ1) is 19.1. The van der Waals surface area contributed by atoms with Gasteiger partial charge in [0, 0.05) is 30.7 Å². The van der Waals surface area contributed by atoms with E-state index in [9.17, 15) is 0 Å². The number of nitrogens with one attached hydrogen (secondary N) is 1. The first-order chi connectivity index (χ1) is 13.2. The largest absolute Gasteiger partial charge is 0.493 e. The zero-order chi connectivity index (χ0) is 18.9. The van der Waals surface area contributed by atoms with Crippen LogP contribution in [0.25, 0.3) is 0 Å². The summed E-state index contributed by atoms with van der Waals surface area (Å²) in [5, 5.41) is 3.92. The molecule has 0 aliphatic rings. The Balaban J connectivity index is 1.51. The van der Waals surface area contributed by atoms with E-state index in [2.05, 4.69) is 15.3 Å². The summed E-state index contributed by atoms with van der Waals surface area (Å²) in [6.45, 7) is 2.07. The number of halogens is 1. The zero-order valence-electron chi connectivity index (χ0n) is 15.2. The van der Waals surface area contributed by atoms with Crippen molar-refractivity contribution < 1.29 is 9.47 Å². The van der Waals surface area contributed by atoms with Gasteiger partial charge in [-0.2, -0.15) is 0 Å². The Morgan fingerprint density at radius 2 is 1.78 bits per heavy atom. The van der Waals surface area contributed by atoms with Gasteiger partial charge in [0.2, 0.25) is 0 Å². The highest BCUT2D eigenvalue weighted by Gasteiger charge is 2.07. The van der Waals surface area contributed by atoms with Gasteiger partial charge < -0.3 is 14.8 Å². The zero-order valence-corrected chi connectivity index (χ0v) is 15.9. The summed E-state index contributed by atoms with van der Waals surface area (Å²) in [6.07, 6.45) is 6.31. The second-order valence-corrected chi connectivity index (χ2v) is 6.43. The maximum atomic E-state index is 5.86. The van der Waals surface area contributed by atoms with Crippen molar-refractivity contribution in [1.82, 2.24) is 15.3 Å². The van der Waals surface area contributed by atoms with Crippen LogP contribution in [0, 0.1) is 0 Å².